The van der Waals surface area contributed by atoms with Crippen LogP contribution in [-0.2, 0) is 5.41 Å². The van der Waals surface area contributed by atoms with Crippen molar-refractivity contribution in [1.82, 2.24) is 9.80 Å². The monoisotopic (exact) mass is 496 g/mol. The number of hydrogen-bond donors (Lipinski definition) is 1. The van der Waals surface area contributed by atoms with Crippen molar-refractivity contribution in [1.29, 1.82) is 5.26 Å². The molecule has 7 heteroatoms. The summed E-state index contributed by atoms with van der Waals surface area (Å²) < 4.78 is 0. The fraction of sp³-hybridized carbons (Fsp3) is 0.481. The van der Waals surface area contributed by atoms with E-state index in [0.29, 0.717) is 21.7 Å². The number of hydrogen-bond acceptors (Lipinski definition) is 3. The third-order valence-electron chi connectivity index (χ3n) is 7.92. The van der Waals surface area contributed by atoms with Crippen molar-refractivity contribution < 1.29 is 4.79 Å². The van der Waals surface area contributed by atoms with E-state index in [1.54, 1.807) is 18.2 Å². The van der Waals surface area contributed by atoms with E-state index in [0.717, 1.165) is 50.8 Å². The standard InChI is InChI=1S/C27H30Cl2N4O/c28-22-14-23(29)16-24(15-22)31-26(34)33(11-3-10-32-8-2-9-32)25-6-7-27(17-21(27)13-25)20-5-1-4-19(12-20)18-30/h1,4-5,12,14-16,21,25H,2-3,6-11,13,17H2,(H,31,34)/t21?,25-,27-/m1/s1. The van der Waals surface area contributed by atoms with Crippen molar-refractivity contribution in [2.45, 2.75) is 50.0 Å². The van der Waals surface area contributed by atoms with E-state index in [1.807, 2.05) is 17.0 Å². The van der Waals surface area contributed by atoms with Crippen molar-refractivity contribution in [3.05, 3.63) is 63.6 Å². The molecule has 3 aliphatic rings. The molecule has 1 N–H and O–H groups in total. The maximum atomic E-state index is 13.4. The van der Waals surface area contributed by atoms with Crippen LogP contribution in [0.5, 0.6) is 0 Å². The SMILES string of the molecule is N#Cc1cccc([C@]23CC[C@@H](N(CCCN4CCC4)C(=O)Nc4cc(Cl)cc(Cl)c4)CC2C3)c1. The van der Waals surface area contributed by atoms with E-state index in [4.69, 9.17) is 23.2 Å². The van der Waals surface area contributed by atoms with Gasteiger partial charge in [-0.3, -0.25) is 0 Å². The number of benzene rings is 2. The third kappa shape index (κ3) is 4.91. The first-order valence-electron chi connectivity index (χ1n) is 12.2. The number of fused-ring (bicyclic) bond motifs is 1. The molecule has 5 nitrogen and oxygen atoms in total. The number of halogens is 2. The predicted molar refractivity (Wildman–Crippen MR) is 136 cm³/mol. The Bertz CT molecular complexity index is 1090. The minimum atomic E-state index is -0.0772. The number of nitrogens with zero attached hydrogens (tertiary/aromatic N) is 3. The van der Waals surface area contributed by atoms with Crippen LogP contribution in [0, 0.1) is 17.2 Å². The van der Waals surface area contributed by atoms with E-state index in [1.165, 1.54) is 25.1 Å². The summed E-state index contributed by atoms with van der Waals surface area (Å²) in [6.45, 7) is 4.12. The van der Waals surface area contributed by atoms with E-state index >= 15 is 0 Å². The first-order valence-corrected chi connectivity index (χ1v) is 13.0. The fourth-order valence-corrected chi connectivity index (χ4v) is 6.41. The molecule has 2 aliphatic carbocycles. The van der Waals surface area contributed by atoms with Gasteiger partial charge in [-0.2, -0.15) is 5.26 Å². The van der Waals surface area contributed by atoms with Gasteiger partial charge in [0, 0.05) is 28.3 Å². The van der Waals surface area contributed by atoms with E-state index < -0.39 is 0 Å². The number of nitrogens with one attached hydrogen (secondary N) is 1. The Kier molecular flexibility index (Phi) is 6.75. The maximum Gasteiger partial charge on any atom is 0.322 e. The summed E-state index contributed by atoms with van der Waals surface area (Å²) in [6.07, 6.45) is 6.42. The Labute approximate surface area is 211 Å². The van der Waals surface area contributed by atoms with Gasteiger partial charge in [0.1, 0.15) is 0 Å². The maximum absolute atomic E-state index is 13.4. The number of carbonyl (C=O) groups is 1. The molecule has 1 unspecified atom stereocenters. The van der Waals surface area contributed by atoms with Gasteiger partial charge in [-0.15, -0.1) is 0 Å². The van der Waals surface area contributed by atoms with Crippen LogP contribution < -0.4 is 5.32 Å². The van der Waals surface area contributed by atoms with Gasteiger partial charge in [0.05, 0.1) is 11.6 Å². The van der Waals surface area contributed by atoms with E-state index in [-0.39, 0.29) is 17.5 Å². The number of anilines is 1. The predicted octanol–water partition coefficient (Wildman–Crippen LogP) is 6.31. The lowest BCUT2D eigenvalue weighted by Gasteiger charge is -2.38. The second-order valence-electron chi connectivity index (χ2n) is 10.0. The minimum absolute atomic E-state index is 0.0772. The highest BCUT2D eigenvalue weighted by molar-refractivity contribution is 6.35. The largest absolute Gasteiger partial charge is 0.322 e. The van der Waals surface area contributed by atoms with Gasteiger partial charge in [-0.05, 0) is 105 Å². The Morgan fingerprint density at radius 1 is 1.21 bits per heavy atom. The Hall–Kier alpha value is -2.26. The summed E-state index contributed by atoms with van der Waals surface area (Å²) in [5, 5.41) is 13.4. The number of carbonyl (C=O) groups excluding carboxylic acids is 1. The molecule has 0 aromatic heterocycles. The molecule has 5 rings (SSSR count). The molecule has 1 saturated heterocycles. The summed E-state index contributed by atoms with van der Waals surface area (Å²) in [6, 6.07) is 15.6. The van der Waals surface area contributed by atoms with Gasteiger partial charge >= 0.3 is 6.03 Å². The molecule has 2 aromatic carbocycles. The third-order valence-corrected chi connectivity index (χ3v) is 8.35. The fourth-order valence-electron chi connectivity index (χ4n) is 5.89. The van der Waals surface area contributed by atoms with Crippen LogP contribution in [0.4, 0.5) is 10.5 Å². The highest BCUT2D eigenvalue weighted by Gasteiger charge is 2.58. The van der Waals surface area contributed by atoms with Gasteiger partial charge in [-0.1, -0.05) is 35.3 Å². The van der Waals surface area contributed by atoms with Crippen molar-refractivity contribution >= 4 is 34.9 Å². The van der Waals surface area contributed by atoms with E-state index in [2.05, 4.69) is 28.4 Å². The molecule has 2 aromatic rings. The average molecular weight is 497 g/mol. The quantitative estimate of drug-likeness (QED) is 0.488. The van der Waals surface area contributed by atoms with Crippen LogP contribution in [0.2, 0.25) is 10.0 Å². The zero-order valence-corrected chi connectivity index (χ0v) is 20.8. The summed E-state index contributed by atoms with van der Waals surface area (Å²) in [5.74, 6) is 0.562. The molecule has 178 valence electrons. The Morgan fingerprint density at radius 3 is 2.68 bits per heavy atom. The summed E-state index contributed by atoms with van der Waals surface area (Å²) in [7, 11) is 0. The van der Waals surface area contributed by atoms with Crippen LogP contribution in [0.15, 0.2) is 42.5 Å². The number of amides is 2. The normalized spacial score (nSPS) is 25.6. The second-order valence-corrected chi connectivity index (χ2v) is 10.9. The number of urea groups is 1. The van der Waals surface area contributed by atoms with Gasteiger partial charge in [-0.25, -0.2) is 4.79 Å². The first kappa shape index (κ1) is 23.5. The molecule has 3 atom stereocenters. The molecular formula is C27H30Cl2N4O. The number of rotatable bonds is 7. The smallest absolute Gasteiger partial charge is 0.321 e. The zero-order chi connectivity index (χ0) is 23.7. The number of likely N-dealkylation sites (tertiary alicyclic amines) is 1. The highest BCUT2D eigenvalue weighted by Crippen LogP contribution is 2.62. The van der Waals surface area contributed by atoms with Crippen LogP contribution >= 0.6 is 23.2 Å². The van der Waals surface area contributed by atoms with Crippen LogP contribution in [-0.4, -0.2) is 48.1 Å². The molecule has 2 saturated carbocycles. The lowest BCUT2D eigenvalue weighted by Crippen LogP contribution is -2.47. The molecule has 3 fully saturated rings. The van der Waals surface area contributed by atoms with Crippen molar-refractivity contribution in [3.63, 3.8) is 0 Å². The van der Waals surface area contributed by atoms with Crippen LogP contribution in [0.1, 0.15) is 49.7 Å². The zero-order valence-electron chi connectivity index (χ0n) is 19.3. The van der Waals surface area contributed by atoms with Crippen molar-refractivity contribution in [2.24, 2.45) is 5.92 Å². The first-order chi connectivity index (χ1) is 16.5. The van der Waals surface area contributed by atoms with Crippen LogP contribution in [0.25, 0.3) is 0 Å². The van der Waals surface area contributed by atoms with Crippen molar-refractivity contribution in [3.8, 4) is 6.07 Å². The molecular weight excluding hydrogens is 467 g/mol. The summed E-state index contributed by atoms with van der Waals surface area (Å²) in [5.41, 5.74) is 2.83. The highest BCUT2D eigenvalue weighted by atomic mass is 35.5. The summed E-state index contributed by atoms with van der Waals surface area (Å²) >= 11 is 12.3. The molecule has 2 amide bonds. The molecule has 1 aliphatic heterocycles. The minimum Gasteiger partial charge on any atom is -0.321 e. The molecule has 1 heterocycles. The Balaban J connectivity index is 1.28. The van der Waals surface area contributed by atoms with Gasteiger partial charge in [0.15, 0.2) is 0 Å². The molecule has 0 radical (unpaired) electrons. The molecule has 0 bridgehead atoms. The van der Waals surface area contributed by atoms with Crippen LogP contribution in [0.3, 0.4) is 0 Å². The lowest BCUT2D eigenvalue weighted by atomic mass is 9.80. The van der Waals surface area contributed by atoms with Gasteiger partial charge < -0.3 is 15.1 Å². The van der Waals surface area contributed by atoms with Gasteiger partial charge in [0.2, 0.25) is 0 Å². The average Bonchev–Trinajstić information content (AvgIpc) is 3.52. The van der Waals surface area contributed by atoms with Gasteiger partial charge in [0.25, 0.3) is 0 Å². The second kappa shape index (κ2) is 9.77. The Morgan fingerprint density at radius 2 is 2.00 bits per heavy atom. The number of nitriles is 1. The summed E-state index contributed by atoms with van der Waals surface area (Å²) in [4.78, 5) is 17.9. The topological polar surface area (TPSA) is 59.4 Å². The van der Waals surface area contributed by atoms with Crippen molar-refractivity contribution in [2.75, 3.05) is 31.5 Å². The molecule has 0 spiro atoms. The van der Waals surface area contributed by atoms with E-state index in [9.17, 15) is 10.1 Å². The molecule has 34 heavy (non-hydrogen) atoms. The lowest BCUT2D eigenvalue weighted by molar-refractivity contribution is 0.141.